The molecule has 0 spiro atoms. The molecule has 0 heterocycles. The molecular formula is C7H14Cl2. The fraction of sp³-hybridized carbons (Fsp3) is 1.00. The van der Waals surface area contributed by atoms with Crippen molar-refractivity contribution in [2.24, 2.45) is 0 Å². The van der Waals surface area contributed by atoms with Crippen molar-refractivity contribution in [2.45, 2.75) is 43.9 Å². The van der Waals surface area contributed by atoms with E-state index in [0.29, 0.717) is 0 Å². The summed E-state index contributed by atoms with van der Waals surface area (Å²) in [5.41, 5.74) is 0. The van der Waals surface area contributed by atoms with Gasteiger partial charge in [-0.1, -0.05) is 13.3 Å². The quantitative estimate of drug-likeness (QED) is 0.565. The molecular weight excluding hydrogens is 155 g/mol. The van der Waals surface area contributed by atoms with E-state index in [1.54, 1.807) is 0 Å². The van der Waals surface area contributed by atoms with Gasteiger partial charge in [-0.3, -0.25) is 0 Å². The highest BCUT2D eigenvalue weighted by Crippen LogP contribution is 2.14. The lowest BCUT2D eigenvalue weighted by atomic mass is 10.1. The van der Waals surface area contributed by atoms with E-state index in [0.717, 1.165) is 19.3 Å². The predicted molar refractivity (Wildman–Crippen MR) is 44.5 cm³/mol. The Kier molecular flexibility index (Phi) is 5.72. The van der Waals surface area contributed by atoms with Gasteiger partial charge in [0.2, 0.25) is 0 Å². The molecule has 2 unspecified atom stereocenters. The molecule has 2 atom stereocenters. The van der Waals surface area contributed by atoms with E-state index in [1.165, 1.54) is 0 Å². The van der Waals surface area contributed by atoms with Crippen molar-refractivity contribution in [1.29, 1.82) is 0 Å². The van der Waals surface area contributed by atoms with Crippen LogP contribution in [0.2, 0.25) is 0 Å². The topological polar surface area (TPSA) is 0 Å². The van der Waals surface area contributed by atoms with Gasteiger partial charge in [0.05, 0.1) is 0 Å². The summed E-state index contributed by atoms with van der Waals surface area (Å²) in [6.07, 6.45) is 3.16. The normalized spacial score (nSPS) is 17.3. The van der Waals surface area contributed by atoms with E-state index >= 15 is 0 Å². The summed E-state index contributed by atoms with van der Waals surface area (Å²) in [5.74, 6) is 0. The molecule has 0 fully saturated rings. The Morgan fingerprint density at radius 1 is 1.33 bits per heavy atom. The first-order valence-electron chi connectivity index (χ1n) is 3.45. The second-order valence-electron chi connectivity index (χ2n) is 2.40. The zero-order valence-corrected chi connectivity index (χ0v) is 7.54. The third-order valence-corrected chi connectivity index (χ3v) is 1.76. The predicted octanol–water partition coefficient (Wildman–Crippen LogP) is 3.41. The van der Waals surface area contributed by atoms with Gasteiger partial charge in [-0.15, -0.1) is 23.2 Å². The molecule has 0 saturated heterocycles. The third-order valence-electron chi connectivity index (χ3n) is 1.18. The molecule has 56 valence electrons. The van der Waals surface area contributed by atoms with Crippen molar-refractivity contribution in [2.75, 3.05) is 0 Å². The maximum atomic E-state index is 5.89. The second kappa shape index (κ2) is 5.37. The molecule has 0 aromatic heterocycles. The SMILES string of the molecule is CCCC(Cl)CC(C)Cl. The minimum Gasteiger partial charge on any atom is -0.123 e. The molecule has 0 aliphatic carbocycles. The molecule has 0 aromatic rings. The van der Waals surface area contributed by atoms with E-state index in [2.05, 4.69) is 6.92 Å². The van der Waals surface area contributed by atoms with Crippen molar-refractivity contribution in [3.8, 4) is 0 Å². The molecule has 0 amide bonds. The molecule has 0 aliphatic rings. The highest BCUT2D eigenvalue weighted by Gasteiger charge is 2.05. The summed E-state index contributed by atoms with van der Waals surface area (Å²) < 4.78 is 0. The molecule has 0 radical (unpaired) electrons. The number of hydrogen-bond acceptors (Lipinski definition) is 0. The Labute approximate surface area is 67.5 Å². The van der Waals surface area contributed by atoms with Gasteiger partial charge < -0.3 is 0 Å². The highest BCUT2D eigenvalue weighted by atomic mass is 35.5. The fourth-order valence-electron chi connectivity index (χ4n) is 0.784. The van der Waals surface area contributed by atoms with Crippen molar-refractivity contribution < 1.29 is 0 Å². The number of rotatable bonds is 4. The van der Waals surface area contributed by atoms with Gasteiger partial charge in [0.25, 0.3) is 0 Å². The molecule has 0 N–H and O–H groups in total. The Bertz CT molecular complexity index is 61.9. The lowest BCUT2D eigenvalue weighted by Crippen LogP contribution is -2.04. The standard InChI is InChI=1S/C7H14Cl2/c1-3-4-7(9)5-6(2)8/h6-7H,3-5H2,1-2H3. The van der Waals surface area contributed by atoms with E-state index < -0.39 is 0 Å². The van der Waals surface area contributed by atoms with Crippen molar-refractivity contribution in [1.82, 2.24) is 0 Å². The average molecular weight is 169 g/mol. The lowest BCUT2D eigenvalue weighted by molar-refractivity contribution is 0.669. The molecule has 2 heteroatoms. The summed E-state index contributed by atoms with van der Waals surface area (Å²) in [6, 6.07) is 0. The van der Waals surface area contributed by atoms with Gasteiger partial charge in [-0.25, -0.2) is 0 Å². The van der Waals surface area contributed by atoms with Gasteiger partial charge >= 0.3 is 0 Å². The molecule has 0 nitrogen and oxygen atoms in total. The minimum atomic E-state index is 0.221. The van der Waals surface area contributed by atoms with E-state index in [-0.39, 0.29) is 10.8 Å². The van der Waals surface area contributed by atoms with Crippen molar-refractivity contribution in [3.05, 3.63) is 0 Å². The average Bonchev–Trinajstić information content (AvgIpc) is 1.63. The van der Waals surface area contributed by atoms with Crippen LogP contribution in [0.1, 0.15) is 33.1 Å². The van der Waals surface area contributed by atoms with E-state index in [9.17, 15) is 0 Å². The molecule has 9 heavy (non-hydrogen) atoms. The first kappa shape index (κ1) is 9.58. The number of hydrogen-bond donors (Lipinski definition) is 0. The molecule has 0 rings (SSSR count). The largest absolute Gasteiger partial charge is 0.123 e. The number of halogens is 2. The Balaban J connectivity index is 3.15. The summed E-state index contributed by atoms with van der Waals surface area (Å²) in [4.78, 5) is 0. The van der Waals surface area contributed by atoms with Crippen LogP contribution in [-0.4, -0.2) is 10.8 Å². The van der Waals surface area contributed by atoms with Crippen molar-refractivity contribution >= 4 is 23.2 Å². The van der Waals surface area contributed by atoms with Gasteiger partial charge in [0, 0.05) is 10.8 Å². The molecule has 0 aromatic carbocycles. The van der Waals surface area contributed by atoms with Gasteiger partial charge in [0.1, 0.15) is 0 Å². The Morgan fingerprint density at radius 2 is 1.89 bits per heavy atom. The van der Waals surface area contributed by atoms with Crippen LogP contribution in [0.3, 0.4) is 0 Å². The summed E-state index contributed by atoms with van der Waals surface area (Å²) >= 11 is 11.6. The first-order chi connectivity index (χ1) is 4.16. The van der Waals surface area contributed by atoms with Crippen LogP contribution < -0.4 is 0 Å². The minimum absolute atomic E-state index is 0.221. The zero-order chi connectivity index (χ0) is 7.28. The lowest BCUT2D eigenvalue weighted by Gasteiger charge is -2.07. The maximum Gasteiger partial charge on any atom is 0.0349 e. The third kappa shape index (κ3) is 6.47. The molecule has 0 aliphatic heterocycles. The van der Waals surface area contributed by atoms with Crippen LogP contribution in [0.4, 0.5) is 0 Å². The van der Waals surface area contributed by atoms with E-state index in [4.69, 9.17) is 23.2 Å². The monoisotopic (exact) mass is 168 g/mol. The smallest absolute Gasteiger partial charge is 0.0349 e. The summed E-state index contributed by atoms with van der Waals surface area (Å²) in [5, 5.41) is 0.501. The zero-order valence-electron chi connectivity index (χ0n) is 6.03. The maximum absolute atomic E-state index is 5.89. The Morgan fingerprint density at radius 3 is 2.22 bits per heavy atom. The van der Waals surface area contributed by atoms with Crippen LogP contribution >= 0.6 is 23.2 Å². The van der Waals surface area contributed by atoms with Crippen LogP contribution in [0.25, 0.3) is 0 Å². The van der Waals surface area contributed by atoms with Crippen LogP contribution in [0.5, 0.6) is 0 Å². The first-order valence-corrected chi connectivity index (χ1v) is 4.32. The number of alkyl halides is 2. The van der Waals surface area contributed by atoms with Crippen LogP contribution in [0.15, 0.2) is 0 Å². The van der Waals surface area contributed by atoms with Crippen molar-refractivity contribution in [3.63, 3.8) is 0 Å². The highest BCUT2D eigenvalue weighted by molar-refractivity contribution is 6.23. The second-order valence-corrected chi connectivity index (χ2v) is 3.76. The van der Waals surface area contributed by atoms with Gasteiger partial charge in [-0.2, -0.15) is 0 Å². The van der Waals surface area contributed by atoms with Gasteiger partial charge in [-0.05, 0) is 19.8 Å². The fourth-order valence-corrected chi connectivity index (χ4v) is 1.58. The summed E-state index contributed by atoms with van der Waals surface area (Å²) in [7, 11) is 0. The molecule has 0 bridgehead atoms. The van der Waals surface area contributed by atoms with Crippen LogP contribution in [-0.2, 0) is 0 Å². The molecule has 0 saturated carbocycles. The Hall–Kier alpha value is 0.580. The van der Waals surface area contributed by atoms with Gasteiger partial charge in [0.15, 0.2) is 0 Å². The summed E-state index contributed by atoms with van der Waals surface area (Å²) in [6.45, 7) is 4.11. The van der Waals surface area contributed by atoms with Crippen LogP contribution in [0, 0.1) is 0 Å². The van der Waals surface area contributed by atoms with E-state index in [1.807, 2.05) is 6.92 Å².